The Hall–Kier alpha value is -6.19. The average Bonchev–Trinajstić information content (AvgIpc) is 3.91. The van der Waals surface area contributed by atoms with E-state index in [1.165, 1.54) is 38.4 Å². The number of nitrogens with zero attached hydrogens (tertiary/aromatic N) is 2. The number of amides is 5. The lowest BCUT2D eigenvalue weighted by Gasteiger charge is -2.26. The van der Waals surface area contributed by atoms with Crippen LogP contribution in [-0.2, 0) is 43.2 Å². The lowest BCUT2D eigenvalue weighted by atomic mass is 10.0. The van der Waals surface area contributed by atoms with E-state index in [0.717, 1.165) is 41.3 Å². The highest BCUT2D eigenvalue weighted by atomic mass is 16.2. The number of guanidine groups is 1. The van der Waals surface area contributed by atoms with Gasteiger partial charge in [-0.2, -0.15) is 0 Å². The molecule has 5 amide bonds. The van der Waals surface area contributed by atoms with Gasteiger partial charge in [-0.05, 0) is 36.5 Å². The molecule has 2 heterocycles. The monoisotopic (exact) mass is 826 g/mol. The molecular weight excluding hydrogens is 763 g/mol. The van der Waals surface area contributed by atoms with Crippen LogP contribution < -0.4 is 38.5 Å². The molecule has 0 saturated carbocycles. The van der Waals surface area contributed by atoms with E-state index in [0.29, 0.717) is 18.5 Å². The zero-order valence-corrected chi connectivity index (χ0v) is 34.7. The van der Waals surface area contributed by atoms with E-state index in [-0.39, 0.29) is 50.5 Å². The summed E-state index contributed by atoms with van der Waals surface area (Å²) >= 11 is 0. The molecule has 0 bridgehead atoms. The van der Waals surface area contributed by atoms with Crippen LogP contribution >= 0.6 is 0 Å². The molecule has 0 aliphatic heterocycles. The standard InChI is InChI=1S/C44H63N11O5/c1-2-3-4-5-6-7-8-9-13-22-39(56)52-38(26-32-28-48-29-51-32)43(60)55-37(24-30-17-11-10-12-18-30)42(59)53-35(21-16-23-49-44(46)47)41(58)54-36(40(45)57)25-31-27-50-34-20-15-14-19-33(31)34/h10-12,14-15,17-20,27-29,35-38,50H,2-9,13,16,21-26H2,1H3,(H2,45,57)(H,48,51)(H,52,56)(H,53,59)(H,54,58)(H,55,60)(H4,46,47,49)/t35-,36-,37+,38-/m0/s1. The number of primary amides is 1. The van der Waals surface area contributed by atoms with E-state index in [9.17, 15) is 24.0 Å². The highest BCUT2D eigenvalue weighted by Crippen LogP contribution is 2.19. The zero-order valence-electron chi connectivity index (χ0n) is 34.7. The summed E-state index contributed by atoms with van der Waals surface area (Å²) in [7, 11) is 0. The molecule has 16 nitrogen and oxygen atoms in total. The maximum atomic E-state index is 14.3. The van der Waals surface area contributed by atoms with Crippen LogP contribution in [0.4, 0.5) is 0 Å². The molecule has 0 aliphatic carbocycles. The maximum Gasteiger partial charge on any atom is 0.243 e. The van der Waals surface area contributed by atoms with Crippen molar-refractivity contribution < 1.29 is 24.0 Å². The third kappa shape index (κ3) is 16.2. The number of carbonyl (C=O) groups is 5. The Morgan fingerprint density at radius 1 is 0.667 bits per heavy atom. The van der Waals surface area contributed by atoms with Crippen molar-refractivity contribution in [1.82, 2.24) is 36.2 Å². The molecule has 0 spiro atoms. The largest absolute Gasteiger partial charge is 0.370 e. The van der Waals surface area contributed by atoms with Gasteiger partial charge in [-0.15, -0.1) is 0 Å². The topological polar surface area (TPSA) is 268 Å². The van der Waals surface area contributed by atoms with Crippen molar-refractivity contribution >= 4 is 46.4 Å². The van der Waals surface area contributed by atoms with Gasteiger partial charge < -0.3 is 48.4 Å². The van der Waals surface area contributed by atoms with Crippen LogP contribution in [0.2, 0.25) is 0 Å². The molecule has 0 aliphatic rings. The lowest BCUT2D eigenvalue weighted by Crippen LogP contribution is -2.59. The third-order valence-corrected chi connectivity index (χ3v) is 10.4. The fraction of sp³-hybridized carbons (Fsp3) is 0.477. The number of aliphatic imine (C=N–C) groups is 1. The van der Waals surface area contributed by atoms with E-state index < -0.39 is 47.8 Å². The summed E-state index contributed by atoms with van der Waals surface area (Å²) in [5.41, 5.74) is 19.8. The minimum atomic E-state index is -1.16. The molecule has 4 aromatic rings. The van der Waals surface area contributed by atoms with Crippen LogP contribution in [0.25, 0.3) is 10.9 Å². The van der Waals surface area contributed by atoms with Crippen molar-refractivity contribution in [3.8, 4) is 0 Å². The van der Waals surface area contributed by atoms with E-state index in [4.69, 9.17) is 17.2 Å². The minimum absolute atomic E-state index is 0.0778. The van der Waals surface area contributed by atoms with E-state index in [1.807, 2.05) is 54.6 Å². The number of fused-ring (bicyclic) bond motifs is 1. The summed E-state index contributed by atoms with van der Waals surface area (Å²) in [6.07, 6.45) is 15.7. The molecule has 60 heavy (non-hydrogen) atoms. The minimum Gasteiger partial charge on any atom is -0.370 e. The number of nitrogens with one attached hydrogen (secondary N) is 6. The Bertz CT molecular complexity index is 1960. The summed E-state index contributed by atoms with van der Waals surface area (Å²) in [5, 5.41) is 12.2. The first kappa shape index (κ1) is 46.5. The number of hydrogen-bond acceptors (Lipinski definition) is 7. The highest BCUT2D eigenvalue weighted by molar-refractivity contribution is 5.96. The summed E-state index contributed by atoms with van der Waals surface area (Å²) in [6.45, 7) is 2.38. The molecule has 4 rings (SSSR count). The molecule has 2 aromatic heterocycles. The highest BCUT2D eigenvalue weighted by Gasteiger charge is 2.32. The Kier molecular flexibility index (Phi) is 19.6. The maximum absolute atomic E-state index is 14.3. The van der Waals surface area contributed by atoms with Crippen molar-refractivity contribution in [3.63, 3.8) is 0 Å². The number of imidazole rings is 1. The smallest absolute Gasteiger partial charge is 0.243 e. The SMILES string of the molecule is CCCCCCCCCCCC(=O)N[C@@H](Cc1cnc[nH]1)C(=O)N[C@H](Cc1ccccc1)C(=O)N[C@@H](CCCN=C(N)N)C(=O)N[C@@H](Cc1c[nH]c2ccccc12)C(N)=O. The predicted octanol–water partition coefficient (Wildman–Crippen LogP) is 3.32. The fourth-order valence-corrected chi connectivity index (χ4v) is 7.08. The van der Waals surface area contributed by atoms with Gasteiger partial charge >= 0.3 is 0 Å². The van der Waals surface area contributed by atoms with Crippen molar-refractivity contribution in [2.75, 3.05) is 6.54 Å². The van der Waals surface area contributed by atoms with Crippen LogP contribution in [0.5, 0.6) is 0 Å². The molecule has 324 valence electrons. The Balaban J connectivity index is 1.48. The van der Waals surface area contributed by atoms with Crippen molar-refractivity contribution in [2.24, 2.45) is 22.2 Å². The second-order valence-corrected chi connectivity index (χ2v) is 15.3. The van der Waals surface area contributed by atoms with E-state index in [2.05, 4.69) is 48.1 Å². The van der Waals surface area contributed by atoms with Crippen LogP contribution in [0, 0.1) is 0 Å². The van der Waals surface area contributed by atoms with E-state index in [1.54, 1.807) is 12.4 Å². The number of nitrogens with two attached hydrogens (primary N) is 3. The van der Waals surface area contributed by atoms with Crippen LogP contribution in [0.3, 0.4) is 0 Å². The molecule has 16 heteroatoms. The Labute approximate surface area is 352 Å². The third-order valence-electron chi connectivity index (χ3n) is 10.4. The summed E-state index contributed by atoms with van der Waals surface area (Å²) in [4.78, 5) is 82.4. The van der Waals surface area contributed by atoms with Gasteiger partial charge in [0.2, 0.25) is 29.5 Å². The number of hydrogen-bond donors (Lipinski definition) is 9. The van der Waals surface area contributed by atoms with Gasteiger partial charge in [-0.1, -0.05) is 107 Å². The average molecular weight is 826 g/mol. The number of H-pyrrole nitrogens is 2. The molecule has 4 atom stereocenters. The second kappa shape index (κ2) is 25.3. The van der Waals surface area contributed by atoms with Crippen molar-refractivity contribution in [3.05, 3.63) is 90.1 Å². The van der Waals surface area contributed by atoms with Gasteiger partial charge in [0.15, 0.2) is 5.96 Å². The Morgan fingerprint density at radius 3 is 1.95 bits per heavy atom. The van der Waals surface area contributed by atoms with Gasteiger partial charge in [-0.3, -0.25) is 29.0 Å². The zero-order chi connectivity index (χ0) is 43.1. The number of benzene rings is 2. The quantitative estimate of drug-likeness (QED) is 0.0232. The number of rotatable bonds is 28. The summed E-state index contributed by atoms with van der Waals surface area (Å²) in [6, 6.07) is 12.2. The number of aromatic nitrogens is 3. The number of carbonyl (C=O) groups excluding carboxylic acids is 5. The van der Waals surface area contributed by atoms with E-state index >= 15 is 0 Å². The van der Waals surface area contributed by atoms with Crippen LogP contribution in [-0.4, -0.2) is 81.2 Å². The van der Waals surface area contributed by atoms with Crippen molar-refractivity contribution in [2.45, 2.75) is 127 Å². The summed E-state index contributed by atoms with van der Waals surface area (Å²) < 4.78 is 0. The molecule has 0 unspecified atom stereocenters. The van der Waals surface area contributed by atoms with Crippen LogP contribution in [0.15, 0.2) is 78.3 Å². The molecule has 0 radical (unpaired) electrons. The molecular formula is C44H63N11O5. The molecule has 2 aromatic carbocycles. The molecule has 0 saturated heterocycles. The van der Waals surface area contributed by atoms with Gasteiger partial charge in [-0.25, -0.2) is 4.98 Å². The first-order valence-electron chi connectivity index (χ1n) is 21.1. The van der Waals surface area contributed by atoms with Gasteiger partial charge in [0.1, 0.15) is 24.2 Å². The molecule has 12 N–H and O–H groups in total. The van der Waals surface area contributed by atoms with Gasteiger partial charge in [0.05, 0.1) is 6.33 Å². The first-order chi connectivity index (χ1) is 29.0. The lowest BCUT2D eigenvalue weighted by molar-refractivity contribution is -0.134. The fourth-order valence-electron chi connectivity index (χ4n) is 7.08. The number of unbranched alkanes of at least 4 members (excludes halogenated alkanes) is 8. The van der Waals surface area contributed by atoms with Crippen LogP contribution in [0.1, 0.15) is 101 Å². The number of aromatic amines is 2. The first-order valence-corrected chi connectivity index (χ1v) is 21.1. The second-order valence-electron chi connectivity index (χ2n) is 15.3. The number of para-hydroxylation sites is 1. The van der Waals surface area contributed by atoms with Crippen molar-refractivity contribution in [1.29, 1.82) is 0 Å². The normalized spacial score (nSPS) is 13.1. The summed E-state index contributed by atoms with van der Waals surface area (Å²) in [5.74, 6) is -3.02. The van der Waals surface area contributed by atoms with Gasteiger partial charge in [0, 0.05) is 61.2 Å². The Morgan fingerprint density at radius 2 is 1.28 bits per heavy atom. The van der Waals surface area contributed by atoms with Gasteiger partial charge in [0.25, 0.3) is 0 Å². The predicted molar refractivity (Wildman–Crippen MR) is 233 cm³/mol. The molecule has 0 fully saturated rings.